The molecule has 2 rings (SSSR count). The van der Waals surface area contributed by atoms with Crippen LogP contribution >= 0.6 is 11.6 Å². The fraction of sp³-hybridized carbons (Fsp3) is 0.167. The minimum absolute atomic E-state index is 0.211. The quantitative estimate of drug-likeness (QED) is 0.794. The third kappa shape index (κ3) is 2.81. The predicted molar refractivity (Wildman–Crippen MR) is 75.5 cm³/mol. The zero-order valence-electron chi connectivity index (χ0n) is 10.2. The molecular formula is C12H14ClN5. The summed E-state index contributed by atoms with van der Waals surface area (Å²) < 4.78 is 0. The van der Waals surface area contributed by atoms with Crippen molar-refractivity contribution in [2.45, 2.75) is 6.92 Å². The molecule has 1 aromatic carbocycles. The molecule has 0 atom stereocenters. The SMILES string of the molecule is CNc1cc(Nc2ccc(C)c(Cl)c2)nc(N)n1. The Bertz CT molecular complexity index is 570. The van der Waals surface area contributed by atoms with Gasteiger partial charge in [-0.25, -0.2) is 0 Å². The summed E-state index contributed by atoms with van der Waals surface area (Å²) in [6.07, 6.45) is 0. The molecule has 4 N–H and O–H groups in total. The third-order valence-corrected chi connectivity index (χ3v) is 2.85. The van der Waals surface area contributed by atoms with Crippen LogP contribution in [0.5, 0.6) is 0 Å². The number of nitrogens with two attached hydrogens (primary N) is 1. The number of benzene rings is 1. The molecule has 1 aromatic heterocycles. The van der Waals surface area contributed by atoms with E-state index in [4.69, 9.17) is 17.3 Å². The number of hydrogen-bond donors (Lipinski definition) is 3. The van der Waals surface area contributed by atoms with Gasteiger partial charge in [0, 0.05) is 23.8 Å². The molecule has 0 radical (unpaired) electrons. The van der Waals surface area contributed by atoms with Gasteiger partial charge in [0.2, 0.25) is 5.95 Å². The van der Waals surface area contributed by atoms with Crippen molar-refractivity contribution in [2.24, 2.45) is 0 Å². The second kappa shape index (κ2) is 5.10. The first-order valence-electron chi connectivity index (χ1n) is 5.44. The first-order chi connectivity index (χ1) is 8.58. The molecule has 0 fully saturated rings. The first-order valence-corrected chi connectivity index (χ1v) is 5.82. The van der Waals surface area contributed by atoms with Crippen molar-refractivity contribution in [1.29, 1.82) is 0 Å². The van der Waals surface area contributed by atoms with Gasteiger partial charge in [0.05, 0.1) is 0 Å². The van der Waals surface area contributed by atoms with E-state index in [2.05, 4.69) is 20.6 Å². The van der Waals surface area contributed by atoms with E-state index in [9.17, 15) is 0 Å². The summed E-state index contributed by atoms with van der Waals surface area (Å²) >= 11 is 6.06. The largest absolute Gasteiger partial charge is 0.373 e. The minimum atomic E-state index is 0.211. The van der Waals surface area contributed by atoms with Gasteiger partial charge in [-0.2, -0.15) is 9.97 Å². The molecule has 2 aromatic rings. The molecule has 0 aliphatic carbocycles. The maximum atomic E-state index is 6.06. The van der Waals surface area contributed by atoms with E-state index in [1.54, 1.807) is 13.1 Å². The number of nitrogens with zero attached hydrogens (tertiary/aromatic N) is 2. The highest BCUT2D eigenvalue weighted by molar-refractivity contribution is 6.31. The molecule has 1 heterocycles. The maximum Gasteiger partial charge on any atom is 0.223 e. The summed E-state index contributed by atoms with van der Waals surface area (Å²) in [4.78, 5) is 8.12. The summed E-state index contributed by atoms with van der Waals surface area (Å²) in [6.45, 7) is 1.95. The summed E-state index contributed by atoms with van der Waals surface area (Å²) in [6, 6.07) is 7.48. The van der Waals surface area contributed by atoms with Gasteiger partial charge in [0.15, 0.2) is 0 Å². The summed E-state index contributed by atoms with van der Waals surface area (Å²) in [7, 11) is 1.77. The fourth-order valence-electron chi connectivity index (χ4n) is 1.48. The number of anilines is 4. The molecule has 0 saturated carbocycles. The zero-order valence-corrected chi connectivity index (χ0v) is 10.9. The molecule has 0 aliphatic rings. The van der Waals surface area contributed by atoms with Gasteiger partial charge in [-0.3, -0.25) is 0 Å². The molecule has 0 spiro atoms. The lowest BCUT2D eigenvalue weighted by atomic mass is 10.2. The highest BCUT2D eigenvalue weighted by atomic mass is 35.5. The van der Waals surface area contributed by atoms with Crippen LogP contribution in [0.25, 0.3) is 0 Å². The third-order valence-electron chi connectivity index (χ3n) is 2.44. The van der Waals surface area contributed by atoms with E-state index in [1.807, 2.05) is 25.1 Å². The lowest BCUT2D eigenvalue weighted by molar-refractivity contribution is 1.17. The Morgan fingerprint density at radius 2 is 1.89 bits per heavy atom. The van der Waals surface area contributed by atoms with Gasteiger partial charge < -0.3 is 16.4 Å². The van der Waals surface area contributed by atoms with E-state index < -0.39 is 0 Å². The Morgan fingerprint density at radius 1 is 1.17 bits per heavy atom. The molecule has 94 valence electrons. The minimum Gasteiger partial charge on any atom is -0.373 e. The van der Waals surface area contributed by atoms with Crippen molar-refractivity contribution in [3.63, 3.8) is 0 Å². The molecule has 18 heavy (non-hydrogen) atoms. The number of aryl methyl sites for hydroxylation is 1. The molecular weight excluding hydrogens is 250 g/mol. The normalized spacial score (nSPS) is 10.2. The van der Waals surface area contributed by atoms with Crippen molar-refractivity contribution in [3.8, 4) is 0 Å². The average molecular weight is 264 g/mol. The highest BCUT2D eigenvalue weighted by Gasteiger charge is 2.03. The van der Waals surface area contributed by atoms with Crippen LogP contribution in [-0.4, -0.2) is 17.0 Å². The number of aromatic nitrogens is 2. The van der Waals surface area contributed by atoms with Crippen LogP contribution in [0.2, 0.25) is 5.02 Å². The van der Waals surface area contributed by atoms with Crippen LogP contribution in [0.3, 0.4) is 0 Å². The van der Waals surface area contributed by atoms with Crippen LogP contribution in [0.4, 0.5) is 23.3 Å². The molecule has 0 saturated heterocycles. The van der Waals surface area contributed by atoms with Crippen LogP contribution < -0.4 is 16.4 Å². The van der Waals surface area contributed by atoms with Crippen molar-refractivity contribution in [3.05, 3.63) is 34.9 Å². The molecule has 5 nitrogen and oxygen atoms in total. The Morgan fingerprint density at radius 3 is 2.56 bits per heavy atom. The topological polar surface area (TPSA) is 75.9 Å². The van der Waals surface area contributed by atoms with E-state index in [1.165, 1.54) is 0 Å². The van der Waals surface area contributed by atoms with Crippen LogP contribution in [-0.2, 0) is 0 Å². The van der Waals surface area contributed by atoms with Crippen molar-refractivity contribution in [2.75, 3.05) is 23.4 Å². The highest BCUT2D eigenvalue weighted by Crippen LogP contribution is 2.23. The van der Waals surface area contributed by atoms with E-state index in [0.717, 1.165) is 11.3 Å². The predicted octanol–water partition coefficient (Wildman–Crippen LogP) is 2.81. The lowest BCUT2D eigenvalue weighted by Crippen LogP contribution is -2.03. The standard InChI is InChI=1S/C12H14ClN5/c1-7-3-4-8(5-9(7)13)16-11-6-10(15-2)17-12(14)18-11/h3-6H,1-2H3,(H4,14,15,16,17,18). The second-order valence-corrected chi connectivity index (χ2v) is 4.24. The Labute approximate surface area is 110 Å². The summed E-state index contributed by atoms with van der Waals surface area (Å²) in [5.41, 5.74) is 7.50. The molecule has 6 heteroatoms. The first kappa shape index (κ1) is 12.4. The lowest BCUT2D eigenvalue weighted by Gasteiger charge is -2.09. The number of halogens is 1. The average Bonchev–Trinajstić information content (AvgIpc) is 2.33. The number of nitrogen functional groups attached to an aromatic ring is 1. The van der Waals surface area contributed by atoms with Crippen LogP contribution in [0.15, 0.2) is 24.3 Å². The smallest absolute Gasteiger partial charge is 0.223 e. The maximum absolute atomic E-state index is 6.06. The number of hydrogen-bond acceptors (Lipinski definition) is 5. The van der Waals surface area contributed by atoms with E-state index >= 15 is 0 Å². The second-order valence-electron chi connectivity index (χ2n) is 3.84. The van der Waals surface area contributed by atoms with Crippen molar-refractivity contribution >= 4 is 34.9 Å². The number of rotatable bonds is 3. The monoisotopic (exact) mass is 263 g/mol. The van der Waals surface area contributed by atoms with Crippen LogP contribution in [0, 0.1) is 6.92 Å². The molecule has 0 bridgehead atoms. The van der Waals surface area contributed by atoms with Crippen LogP contribution in [0.1, 0.15) is 5.56 Å². The number of nitrogens with one attached hydrogen (secondary N) is 2. The van der Waals surface area contributed by atoms with Crippen molar-refractivity contribution < 1.29 is 0 Å². The van der Waals surface area contributed by atoms with Gasteiger partial charge in [-0.15, -0.1) is 0 Å². The van der Waals surface area contributed by atoms with E-state index in [-0.39, 0.29) is 5.95 Å². The van der Waals surface area contributed by atoms with Gasteiger partial charge in [0.1, 0.15) is 11.6 Å². The van der Waals surface area contributed by atoms with E-state index in [0.29, 0.717) is 16.7 Å². The van der Waals surface area contributed by atoms with Gasteiger partial charge >= 0.3 is 0 Å². The Hall–Kier alpha value is -2.01. The molecule has 0 unspecified atom stereocenters. The van der Waals surface area contributed by atoms with Gasteiger partial charge in [0.25, 0.3) is 0 Å². The Kier molecular flexibility index (Phi) is 3.53. The fourth-order valence-corrected chi connectivity index (χ4v) is 1.66. The Balaban J connectivity index is 2.27. The summed E-state index contributed by atoms with van der Waals surface area (Å²) in [5.74, 6) is 1.48. The zero-order chi connectivity index (χ0) is 13.1. The van der Waals surface area contributed by atoms with Crippen molar-refractivity contribution in [1.82, 2.24) is 9.97 Å². The van der Waals surface area contributed by atoms with Gasteiger partial charge in [-0.05, 0) is 24.6 Å². The summed E-state index contributed by atoms with van der Waals surface area (Å²) in [5, 5.41) is 6.75. The molecule has 0 aliphatic heterocycles. The van der Waals surface area contributed by atoms with Gasteiger partial charge in [-0.1, -0.05) is 17.7 Å². The molecule has 0 amide bonds.